The van der Waals surface area contributed by atoms with Crippen molar-refractivity contribution < 1.29 is 23.2 Å². The highest BCUT2D eigenvalue weighted by molar-refractivity contribution is 6.15. The third kappa shape index (κ3) is 3.96. The molecule has 4 aromatic carbocycles. The van der Waals surface area contributed by atoms with Crippen molar-refractivity contribution in [2.24, 2.45) is 0 Å². The predicted octanol–water partition coefficient (Wildman–Crippen LogP) is 6.92. The largest absolute Gasteiger partial charge is 0.441 e. The third-order valence-corrected chi connectivity index (χ3v) is 6.18. The Bertz CT molecular complexity index is 1700. The van der Waals surface area contributed by atoms with Crippen molar-refractivity contribution in [2.75, 3.05) is 0 Å². The van der Waals surface area contributed by atoms with Crippen LogP contribution < -0.4 is 0 Å². The van der Waals surface area contributed by atoms with Gasteiger partial charge < -0.3 is 13.6 Å². The summed E-state index contributed by atoms with van der Waals surface area (Å²) in [5.74, 6) is 0.796. The molecule has 0 aliphatic heterocycles. The van der Waals surface area contributed by atoms with Crippen LogP contribution in [0.2, 0.25) is 0 Å². The van der Waals surface area contributed by atoms with Crippen LogP contribution in [0.1, 0.15) is 32.2 Å². The van der Waals surface area contributed by atoms with Crippen molar-refractivity contribution in [3.63, 3.8) is 0 Å². The molecule has 2 heterocycles. The minimum absolute atomic E-state index is 0.271. The Morgan fingerprint density at radius 3 is 1.38 bits per heavy atom. The molecule has 0 aliphatic rings. The number of carbonyl (C=O) groups is 2. The van der Waals surface area contributed by atoms with E-state index in [-0.39, 0.29) is 11.1 Å². The number of oxazole rings is 2. The molecule has 180 valence electrons. The molecule has 6 rings (SSSR count). The minimum atomic E-state index is -0.743. The molecule has 37 heavy (non-hydrogen) atoms. The number of aromatic nitrogens is 2. The third-order valence-electron chi connectivity index (χ3n) is 6.18. The molecular weight excluding hydrogens is 468 g/mol. The van der Waals surface area contributed by atoms with Crippen LogP contribution in [0, 0.1) is 13.8 Å². The molecule has 0 unspecified atom stereocenters. The fourth-order valence-electron chi connectivity index (χ4n) is 4.48. The maximum atomic E-state index is 13.2. The topological polar surface area (TPSA) is 95.4 Å². The monoisotopic (exact) mass is 488 g/mol. The van der Waals surface area contributed by atoms with Gasteiger partial charge in [0.25, 0.3) is 0 Å². The molecule has 0 saturated carbocycles. The Morgan fingerprint density at radius 2 is 1.00 bits per heavy atom. The molecule has 7 heteroatoms. The van der Waals surface area contributed by atoms with Gasteiger partial charge in [-0.1, -0.05) is 48.5 Å². The molecule has 6 aromatic rings. The van der Waals surface area contributed by atoms with E-state index in [1.807, 2.05) is 50.2 Å². The minimum Gasteiger partial charge on any atom is -0.441 e. The van der Waals surface area contributed by atoms with Crippen LogP contribution in [0.3, 0.4) is 0 Å². The number of aryl methyl sites for hydroxylation is 2. The zero-order valence-electron chi connectivity index (χ0n) is 20.0. The summed E-state index contributed by atoms with van der Waals surface area (Å²) in [5, 5.41) is 2.80. The van der Waals surface area contributed by atoms with Gasteiger partial charge in [-0.3, -0.25) is 0 Å². The van der Waals surface area contributed by atoms with Crippen molar-refractivity contribution in [1.82, 2.24) is 9.97 Å². The average Bonchev–Trinajstić information content (AvgIpc) is 3.55. The molecule has 0 fully saturated rings. The molecule has 2 aromatic heterocycles. The Hall–Kier alpha value is -5.04. The molecule has 0 spiro atoms. The molecule has 0 saturated heterocycles. The SMILES string of the molecule is Cc1cnc(-c2ccc(C(=O)OC(=O)c3ccc(-c4ncc(C)o4)c4ccccc34)c3ccccc23)o1. The fraction of sp³-hybridized carbons (Fsp3) is 0.0667. The van der Waals surface area contributed by atoms with Gasteiger partial charge in [-0.05, 0) is 59.7 Å². The number of fused-ring (bicyclic) bond motifs is 2. The van der Waals surface area contributed by atoms with Gasteiger partial charge in [0.2, 0.25) is 11.8 Å². The maximum Gasteiger partial charge on any atom is 0.346 e. The standard InChI is InChI=1S/C30H20N2O5/c1-17-15-31-27(35-17)23-11-13-25(21-9-5-3-7-19(21)23)29(33)37-30(34)26-14-12-24(28-32-16-18(2)36-28)20-8-4-6-10-22(20)26/h3-16H,1-2H3. The summed E-state index contributed by atoms with van der Waals surface area (Å²) in [5.41, 5.74) is 2.03. The number of rotatable bonds is 4. The molecule has 7 nitrogen and oxygen atoms in total. The van der Waals surface area contributed by atoms with Crippen LogP contribution >= 0.6 is 0 Å². The molecule has 0 radical (unpaired) electrons. The van der Waals surface area contributed by atoms with Crippen molar-refractivity contribution >= 4 is 33.5 Å². The molecular formula is C30H20N2O5. The van der Waals surface area contributed by atoms with E-state index >= 15 is 0 Å². The summed E-state index contributed by atoms with van der Waals surface area (Å²) >= 11 is 0. The smallest absolute Gasteiger partial charge is 0.346 e. The molecule has 0 bridgehead atoms. The van der Waals surface area contributed by atoms with Gasteiger partial charge in [0.05, 0.1) is 23.5 Å². The van der Waals surface area contributed by atoms with Crippen LogP contribution in [-0.2, 0) is 4.74 Å². The second-order valence-electron chi connectivity index (χ2n) is 8.64. The van der Waals surface area contributed by atoms with E-state index in [0.717, 1.165) is 21.9 Å². The van der Waals surface area contributed by atoms with E-state index in [0.29, 0.717) is 34.1 Å². The Morgan fingerprint density at radius 1 is 0.595 bits per heavy atom. The first-order valence-corrected chi connectivity index (χ1v) is 11.7. The lowest BCUT2D eigenvalue weighted by atomic mass is 9.99. The highest BCUT2D eigenvalue weighted by atomic mass is 16.6. The Balaban J connectivity index is 1.36. The number of esters is 2. The second-order valence-corrected chi connectivity index (χ2v) is 8.64. The lowest BCUT2D eigenvalue weighted by Gasteiger charge is -2.11. The fourth-order valence-corrected chi connectivity index (χ4v) is 4.48. The number of hydrogen-bond acceptors (Lipinski definition) is 7. The summed E-state index contributed by atoms with van der Waals surface area (Å²) in [7, 11) is 0. The van der Waals surface area contributed by atoms with Gasteiger partial charge in [-0.2, -0.15) is 0 Å². The summed E-state index contributed by atoms with van der Waals surface area (Å²) < 4.78 is 16.8. The first kappa shape index (κ1) is 22.4. The number of benzene rings is 4. The maximum absolute atomic E-state index is 13.2. The van der Waals surface area contributed by atoms with Gasteiger partial charge >= 0.3 is 11.9 Å². The van der Waals surface area contributed by atoms with Crippen molar-refractivity contribution in [3.05, 3.63) is 108 Å². The summed E-state index contributed by atoms with van der Waals surface area (Å²) in [6.07, 6.45) is 3.29. The summed E-state index contributed by atoms with van der Waals surface area (Å²) in [6.45, 7) is 3.64. The van der Waals surface area contributed by atoms with Crippen molar-refractivity contribution in [1.29, 1.82) is 0 Å². The zero-order valence-corrected chi connectivity index (χ0v) is 20.0. The summed E-state index contributed by atoms with van der Waals surface area (Å²) in [4.78, 5) is 35.0. The quantitative estimate of drug-likeness (QED) is 0.196. The Kier molecular flexibility index (Phi) is 5.38. The number of carbonyl (C=O) groups excluding carboxylic acids is 2. The van der Waals surface area contributed by atoms with Gasteiger partial charge in [-0.15, -0.1) is 0 Å². The zero-order chi connectivity index (χ0) is 25.5. The van der Waals surface area contributed by atoms with Gasteiger partial charge in [0.15, 0.2) is 0 Å². The van der Waals surface area contributed by atoms with E-state index in [4.69, 9.17) is 13.6 Å². The van der Waals surface area contributed by atoms with E-state index in [1.165, 1.54) is 0 Å². The van der Waals surface area contributed by atoms with Crippen molar-refractivity contribution in [2.45, 2.75) is 13.8 Å². The molecule has 0 aliphatic carbocycles. The Labute approximate surface area is 211 Å². The lowest BCUT2D eigenvalue weighted by molar-refractivity contribution is 0.0400. The molecule has 0 atom stereocenters. The molecule has 0 amide bonds. The predicted molar refractivity (Wildman–Crippen MR) is 138 cm³/mol. The number of hydrogen-bond donors (Lipinski definition) is 0. The van der Waals surface area contributed by atoms with Crippen LogP contribution in [0.4, 0.5) is 0 Å². The van der Waals surface area contributed by atoms with E-state index in [1.54, 1.807) is 48.8 Å². The average molecular weight is 488 g/mol. The first-order valence-electron chi connectivity index (χ1n) is 11.7. The van der Waals surface area contributed by atoms with Gasteiger partial charge in [0, 0.05) is 11.1 Å². The second kappa shape index (κ2) is 8.87. The normalized spacial score (nSPS) is 11.2. The van der Waals surface area contributed by atoms with Gasteiger partial charge in [0.1, 0.15) is 11.5 Å². The van der Waals surface area contributed by atoms with Crippen LogP contribution in [-0.4, -0.2) is 21.9 Å². The highest BCUT2D eigenvalue weighted by Gasteiger charge is 2.22. The number of ether oxygens (including phenoxy) is 1. The van der Waals surface area contributed by atoms with Crippen LogP contribution in [0.5, 0.6) is 0 Å². The highest BCUT2D eigenvalue weighted by Crippen LogP contribution is 2.33. The summed E-state index contributed by atoms with van der Waals surface area (Å²) in [6, 6.07) is 21.5. The van der Waals surface area contributed by atoms with Crippen LogP contribution in [0.25, 0.3) is 44.5 Å². The lowest BCUT2D eigenvalue weighted by Crippen LogP contribution is -2.14. The molecule has 0 N–H and O–H groups in total. The number of nitrogens with zero attached hydrogens (tertiary/aromatic N) is 2. The van der Waals surface area contributed by atoms with E-state index in [9.17, 15) is 9.59 Å². The van der Waals surface area contributed by atoms with E-state index < -0.39 is 11.9 Å². The van der Waals surface area contributed by atoms with E-state index in [2.05, 4.69) is 9.97 Å². The first-order chi connectivity index (χ1) is 18.0. The van der Waals surface area contributed by atoms with Gasteiger partial charge in [-0.25, -0.2) is 19.6 Å². The van der Waals surface area contributed by atoms with Crippen molar-refractivity contribution in [3.8, 4) is 22.9 Å². The van der Waals surface area contributed by atoms with Crippen LogP contribution in [0.15, 0.2) is 94.0 Å².